The number of rotatable bonds is 7. The first kappa shape index (κ1) is 12.0. The Kier molecular flexibility index (Phi) is 7.58. The lowest BCUT2D eigenvalue weighted by Gasteiger charge is -2.16. The van der Waals surface area contributed by atoms with Crippen LogP contribution in [0.25, 0.3) is 0 Å². The molecule has 0 aliphatic carbocycles. The second kappa shape index (κ2) is 7.60. The molecule has 0 amide bonds. The first-order valence-corrected chi connectivity index (χ1v) is 5.35. The maximum absolute atomic E-state index is 9.00. The van der Waals surface area contributed by atoms with E-state index < -0.39 is 0 Å². The largest absolute Gasteiger partial charge is 0.396 e. The summed E-state index contributed by atoms with van der Waals surface area (Å²) in [6, 6.07) is 0. The predicted octanol–water partition coefficient (Wildman–Crippen LogP) is 3.22. The van der Waals surface area contributed by atoms with Gasteiger partial charge in [-0.05, 0) is 18.3 Å². The molecule has 74 valence electrons. The molecule has 0 aromatic carbocycles. The number of hydrogen-bond donors (Lipinski definition) is 1. The van der Waals surface area contributed by atoms with Crippen molar-refractivity contribution >= 4 is 0 Å². The third-order valence-electron chi connectivity index (χ3n) is 2.62. The van der Waals surface area contributed by atoms with Gasteiger partial charge in [0, 0.05) is 6.61 Å². The maximum atomic E-state index is 9.00. The van der Waals surface area contributed by atoms with Gasteiger partial charge in [-0.15, -0.1) is 0 Å². The van der Waals surface area contributed by atoms with Crippen LogP contribution in [0.4, 0.5) is 0 Å². The Morgan fingerprint density at radius 2 is 1.92 bits per heavy atom. The van der Waals surface area contributed by atoms with E-state index in [2.05, 4.69) is 20.8 Å². The highest BCUT2D eigenvalue weighted by atomic mass is 16.3. The maximum Gasteiger partial charge on any atom is 0.0459 e. The van der Waals surface area contributed by atoms with Gasteiger partial charge in [0.15, 0.2) is 0 Å². The van der Waals surface area contributed by atoms with E-state index in [0.717, 1.165) is 12.3 Å². The van der Waals surface area contributed by atoms with Gasteiger partial charge in [-0.1, -0.05) is 46.5 Å². The van der Waals surface area contributed by atoms with Crippen LogP contribution in [0.3, 0.4) is 0 Å². The summed E-state index contributed by atoms with van der Waals surface area (Å²) in [5.74, 6) is 1.33. The van der Waals surface area contributed by atoms with Crippen LogP contribution in [-0.2, 0) is 0 Å². The van der Waals surface area contributed by atoms with Gasteiger partial charge in [0.1, 0.15) is 0 Å². The predicted molar refractivity (Wildman–Crippen MR) is 54.2 cm³/mol. The molecule has 0 heterocycles. The zero-order chi connectivity index (χ0) is 9.40. The molecule has 0 saturated heterocycles. The first-order valence-electron chi connectivity index (χ1n) is 5.35. The average Bonchev–Trinajstić information content (AvgIpc) is 2.10. The Bertz CT molecular complexity index is 87.0. The van der Waals surface area contributed by atoms with Gasteiger partial charge < -0.3 is 5.11 Å². The van der Waals surface area contributed by atoms with E-state index in [9.17, 15) is 0 Å². The summed E-state index contributed by atoms with van der Waals surface area (Å²) in [5, 5.41) is 9.00. The molecule has 0 aromatic heterocycles. The third kappa shape index (κ3) is 5.59. The molecule has 2 unspecified atom stereocenters. The smallest absolute Gasteiger partial charge is 0.0459 e. The number of aliphatic hydroxyl groups excluding tert-OH is 1. The lowest BCUT2D eigenvalue weighted by atomic mass is 9.91. The van der Waals surface area contributed by atoms with Crippen molar-refractivity contribution in [3.05, 3.63) is 0 Å². The van der Waals surface area contributed by atoms with Gasteiger partial charge in [-0.3, -0.25) is 0 Å². The number of hydrogen-bond acceptors (Lipinski definition) is 1. The van der Waals surface area contributed by atoms with E-state index >= 15 is 0 Å². The Balaban J connectivity index is 3.44. The zero-order valence-electron chi connectivity index (χ0n) is 8.84. The molecule has 0 spiro atoms. The minimum absolute atomic E-state index is 0.368. The fourth-order valence-electron chi connectivity index (χ4n) is 1.61. The van der Waals surface area contributed by atoms with E-state index in [1.165, 1.54) is 25.7 Å². The molecule has 0 bridgehead atoms. The van der Waals surface area contributed by atoms with Crippen LogP contribution in [0.1, 0.15) is 52.9 Å². The van der Waals surface area contributed by atoms with Crippen LogP contribution >= 0.6 is 0 Å². The highest BCUT2D eigenvalue weighted by molar-refractivity contribution is 4.61. The van der Waals surface area contributed by atoms with Crippen LogP contribution in [0.15, 0.2) is 0 Å². The molecule has 1 nitrogen and oxygen atoms in total. The van der Waals surface area contributed by atoms with Crippen LogP contribution in [0, 0.1) is 11.8 Å². The van der Waals surface area contributed by atoms with Crippen LogP contribution < -0.4 is 0 Å². The van der Waals surface area contributed by atoms with Crippen molar-refractivity contribution in [3.8, 4) is 0 Å². The van der Waals surface area contributed by atoms with Gasteiger partial charge in [0.25, 0.3) is 0 Å². The van der Waals surface area contributed by atoms with Crippen LogP contribution in [-0.4, -0.2) is 11.7 Å². The van der Waals surface area contributed by atoms with Crippen molar-refractivity contribution in [1.82, 2.24) is 0 Å². The van der Waals surface area contributed by atoms with Gasteiger partial charge in [-0.25, -0.2) is 0 Å². The van der Waals surface area contributed by atoms with E-state index in [4.69, 9.17) is 5.11 Å². The topological polar surface area (TPSA) is 20.2 Å². The van der Waals surface area contributed by atoms with Crippen molar-refractivity contribution in [3.63, 3.8) is 0 Å². The molecule has 0 aromatic rings. The fourth-order valence-corrected chi connectivity index (χ4v) is 1.61. The molecule has 0 saturated carbocycles. The molecule has 0 radical (unpaired) electrons. The van der Waals surface area contributed by atoms with Crippen LogP contribution in [0.5, 0.6) is 0 Å². The summed E-state index contributed by atoms with van der Waals surface area (Å²) in [4.78, 5) is 0. The Labute approximate surface area is 77.2 Å². The van der Waals surface area contributed by atoms with E-state index in [1.807, 2.05) is 0 Å². The second-order valence-electron chi connectivity index (χ2n) is 3.94. The fraction of sp³-hybridized carbons (Fsp3) is 1.00. The lowest BCUT2D eigenvalue weighted by molar-refractivity contribution is 0.196. The third-order valence-corrected chi connectivity index (χ3v) is 2.62. The van der Waals surface area contributed by atoms with Gasteiger partial charge >= 0.3 is 0 Å². The highest BCUT2D eigenvalue weighted by Gasteiger charge is 2.09. The first-order chi connectivity index (χ1) is 5.74. The minimum Gasteiger partial charge on any atom is -0.396 e. The number of aliphatic hydroxyl groups is 1. The molecule has 1 heteroatoms. The monoisotopic (exact) mass is 172 g/mol. The average molecular weight is 172 g/mol. The zero-order valence-corrected chi connectivity index (χ0v) is 8.84. The molecule has 2 atom stereocenters. The van der Waals surface area contributed by atoms with Gasteiger partial charge in [-0.2, -0.15) is 0 Å². The molecule has 0 aliphatic heterocycles. The summed E-state index contributed by atoms with van der Waals surface area (Å²) in [6.45, 7) is 7.06. The van der Waals surface area contributed by atoms with E-state index in [1.54, 1.807) is 0 Å². The standard InChI is InChI=1S/C11H24O/c1-4-6-7-10(3)8-11(5-2)9-12/h10-12H,4-9H2,1-3H3. The van der Waals surface area contributed by atoms with Crippen molar-refractivity contribution in [2.24, 2.45) is 11.8 Å². The van der Waals surface area contributed by atoms with Gasteiger partial charge in [0.2, 0.25) is 0 Å². The highest BCUT2D eigenvalue weighted by Crippen LogP contribution is 2.19. The van der Waals surface area contributed by atoms with Crippen molar-refractivity contribution in [1.29, 1.82) is 0 Å². The minimum atomic E-state index is 0.368. The van der Waals surface area contributed by atoms with E-state index in [0.29, 0.717) is 12.5 Å². The summed E-state index contributed by atoms with van der Waals surface area (Å²) in [6.07, 6.45) is 6.27. The molecule has 12 heavy (non-hydrogen) atoms. The lowest BCUT2D eigenvalue weighted by Crippen LogP contribution is -2.09. The van der Waals surface area contributed by atoms with Crippen molar-refractivity contribution in [2.75, 3.05) is 6.61 Å². The normalized spacial score (nSPS) is 16.0. The van der Waals surface area contributed by atoms with Crippen molar-refractivity contribution in [2.45, 2.75) is 52.9 Å². The quantitative estimate of drug-likeness (QED) is 0.625. The number of unbranched alkanes of at least 4 members (excludes halogenated alkanes) is 1. The molecule has 0 rings (SSSR count). The molecule has 0 fully saturated rings. The second-order valence-corrected chi connectivity index (χ2v) is 3.94. The summed E-state index contributed by atoms with van der Waals surface area (Å²) < 4.78 is 0. The Morgan fingerprint density at radius 3 is 2.33 bits per heavy atom. The summed E-state index contributed by atoms with van der Waals surface area (Å²) in [5.41, 5.74) is 0. The SMILES string of the molecule is CCCCC(C)CC(CC)CO. The molecule has 0 aliphatic rings. The molecular weight excluding hydrogens is 148 g/mol. The Hall–Kier alpha value is -0.0400. The summed E-state index contributed by atoms with van der Waals surface area (Å²) >= 11 is 0. The van der Waals surface area contributed by atoms with Crippen molar-refractivity contribution < 1.29 is 5.11 Å². The van der Waals surface area contributed by atoms with Gasteiger partial charge in [0.05, 0.1) is 0 Å². The molecular formula is C11H24O. The molecule has 1 N–H and O–H groups in total. The van der Waals surface area contributed by atoms with E-state index in [-0.39, 0.29) is 0 Å². The Morgan fingerprint density at radius 1 is 1.25 bits per heavy atom. The summed E-state index contributed by atoms with van der Waals surface area (Å²) in [7, 11) is 0. The van der Waals surface area contributed by atoms with Crippen LogP contribution in [0.2, 0.25) is 0 Å².